The van der Waals surface area contributed by atoms with Gasteiger partial charge in [0.05, 0.1) is 4.92 Å². The van der Waals surface area contributed by atoms with E-state index >= 15 is 0 Å². The molecule has 1 heterocycles. The number of carbonyl (C=O) groups excluding carboxylic acids is 1. The van der Waals surface area contributed by atoms with Crippen LogP contribution in [-0.2, 0) is 11.3 Å². The molecule has 0 bridgehead atoms. The lowest BCUT2D eigenvalue weighted by molar-refractivity contribution is -0.384. The fraction of sp³-hybridized carbons (Fsp3) is 0.286. The molecule has 1 saturated heterocycles. The highest BCUT2D eigenvalue weighted by atomic mass is 16.6. The van der Waals surface area contributed by atoms with Gasteiger partial charge in [0, 0.05) is 56.6 Å². The fourth-order valence-corrected chi connectivity index (χ4v) is 3.11. The van der Waals surface area contributed by atoms with Crippen LogP contribution in [0.4, 0.5) is 11.4 Å². The highest BCUT2D eigenvalue weighted by molar-refractivity contribution is 6.02. The van der Waals surface area contributed by atoms with Gasteiger partial charge in [0.15, 0.2) is 0 Å². The van der Waals surface area contributed by atoms with E-state index in [1.165, 1.54) is 18.2 Å². The van der Waals surface area contributed by atoms with E-state index in [1.807, 2.05) is 18.2 Å². The number of hydrogen-bond donors (Lipinski definition) is 1. The standard InChI is InChI=1S/C21H24N4O3/c1-23-10-12-24(13-11-23)16-18-5-2-6-19(14-18)22-21(26)9-8-17-4-3-7-20(15-17)25(27)28/h2-9,14-15H,10-13,16H2,1H3,(H,22,26). The number of carbonyl (C=O) groups is 1. The van der Waals surface area contributed by atoms with Gasteiger partial charge in [0.2, 0.25) is 5.91 Å². The summed E-state index contributed by atoms with van der Waals surface area (Å²) in [5.41, 5.74) is 2.50. The molecule has 2 aromatic rings. The molecule has 0 saturated carbocycles. The number of likely N-dealkylation sites (N-methyl/N-ethyl adjacent to an activating group) is 1. The third kappa shape index (κ3) is 5.73. The molecule has 1 aliphatic heterocycles. The van der Waals surface area contributed by atoms with Crippen LogP contribution in [0.1, 0.15) is 11.1 Å². The highest BCUT2D eigenvalue weighted by Crippen LogP contribution is 2.16. The van der Waals surface area contributed by atoms with Crippen molar-refractivity contribution in [3.05, 3.63) is 75.8 Å². The average Bonchev–Trinajstić information content (AvgIpc) is 2.69. The summed E-state index contributed by atoms with van der Waals surface area (Å²) >= 11 is 0. The monoisotopic (exact) mass is 380 g/mol. The Kier molecular flexibility index (Phi) is 6.52. The molecule has 0 aliphatic carbocycles. The molecule has 0 radical (unpaired) electrons. The molecule has 28 heavy (non-hydrogen) atoms. The maximum absolute atomic E-state index is 12.2. The maximum Gasteiger partial charge on any atom is 0.270 e. The van der Waals surface area contributed by atoms with Crippen molar-refractivity contribution in [2.24, 2.45) is 0 Å². The van der Waals surface area contributed by atoms with Crippen molar-refractivity contribution < 1.29 is 9.72 Å². The van der Waals surface area contributed by atoms with Gasteiger partial charge in [-0.25, -0.2) is 0 Å². The van der Waals surface area contributed by atoms with Crippen LogP contribution in [0.25, 0.3) is 6.08 Å². The van der Waals surface area contributed by atoms with Crippen LogP contribution < -0.4 is 5.32 Å². The average molecular weight is 380 g/mol. The SMILES string of the molecule is CN1CCN(Cc2cccc(NC(=O)C=Cc3cccc([N+](=O)[O-])c3)c2)CC1. The first-order valence-electron chi connectivity index (χ1n) is 9.23. The minimum atomic E-state index is -0.455. The van der Waals surface area contributed by atoms with Gasteiger partial charge in [0.1, 0.15) is 0 Å². The smallest absolute Gasteiger partial charge is 0.270 e. The van der Waals surface area contributed by atoms with Crippen LogP contribution in [0, 0.1) is 10.1 Å². The number of benzene rings is 2. The van der Waals surface area contributed by atoms with Crippen molar-refractivity contribution in [3.8, 4) is 0 Å². The molecule has 1 aliphatic rings. The van der Waals surface area contributed by atoms with Crippen molar-refractivity contribution in [3.63, 3.8) is 0 Å². The van der Waals surface area contributed by atoms with Crippen molar-refractivity contribution >= 4 is 23.4 Å². The zero-order chi connectivity index (χ0) is 19.9. The molecule has 1 fully saturated rings. The molecule has 7 heteroatoms. The van der Waals surface area contributed by atoms with Crippen molar-refractivity contribution in [1.29, 1.82) is 0 Å². The number of rotatable bonds is 6. The zero-order valence-corrected chi connectivity index (χ0v) is 15.9. The molecular formula is C21H24N4O3. The molecular weight excluding hydrogens is 356 g/mol. The maximum atomic E-state index is 12.2. The molecule has 146 valence electrons. The number of non-ortho nitro benzene ring substituents is 1. The first-order chi connectivity index (χ1) is 13.5. The Labute approximate surface area is 164 Å². The molecule has 0 atom stereocenters. The Morgan fingerprint density at radius 1 is 1.14 bits per heavy atom. The van der Waals surface area contributed by atoms with E-state index in [0.717, 1.165) is 44.0 Å². The summed E-state index contributed by atoms with van der Waals surface area (Å²) in [5.74, 6) is -0.275. The van der Waals surface area contributed by atoms with Crippen LogP contribution in [0.2, 0.25) is 0 Å². The number of piperazine rings is 1. The lowest BCUT2D eigenvalue weighted by Gasteiger charge is -2.32. The summed E-state index contributed by atoms with van der Waals surface area (Å²) in [4.78, 5) is 27.3. The van der Waals surface area contributed by atoms with Gasteiger partial charge >= 0.3 is 0 Å². The van der Waals surface area contributed by atoms with E-state index in [-0.39, 0.29) is 11.6 Å². The van der Waals surface area contributed by atoms with Gasteiger partial charge in [-0.2, -0.15) is 0 Å². The lowest BCUT2D eigenvalue weighted by Crippen LogP contribution is -2.43. The fourth-order valence-electron chi connectivity index (χ4n) is 3.11. The van der Waals surface area contributed by atoms with Gasteiger partial charge in [0.25, 0.3) is 5.69 Å². The molecule has 3 rings (SSSR count). The third-order valence-electron chi connectivity index (χ3n) is 4.70. The van der Waals surface area contributed by atoms with E-state index in [2.05, 4.69) is 28.2 Å². The number of hydrogen-bond acceptors (Lipinski definition) is 5. The van der Waals surface area contributed by atoms with E-state index in [0.29, 0.717) is 5.56 Å². The quantitative estimate of drug-likeness (QED) is 0.473. The predicted molar refractivity (Wildman–Crippen MR) is 110 cm³/mol. The van der Waals surface area contributed by atoms with Crippen LogP contribution in [0.5, 0.6) is 0 Å². The molecule has 0 unspecified atom stereocenters. The largest absolute Gasteiger partial charge is 0.323 e. The second-order valence-corrected chi connectivity index (χ2v) is 6.95. The molecule has 0 spiro atoms. The van der Waals surface area contributed by atoms with Crippen LogP contribution >= 0.6 is 0 Å². The van der Waals surface area contributed by atoms with Gasteiger partial charge in [-0.1, -0.05) is 24.3 Å². The molecule has 1 N–H and O–H groups in total. The third-order valence-corrected chi connectivity index (χ3v) is 4.70. The van der Waals surface area contributed by atoms with Gasteiger partial charge in [-0.3, -0.25) is 19.8 Å². The Hall–Kier alpha value is -3.03. The second-order valence-electron chi connectivity index (χ2n) is 6.95. The number of nitro benzene ring substituents is 1. The molecule has 2 aromatic carbocycles. The highest BCUT2D eigenvalue weighted by Gasteiger charge is 2.14. The minimum Gasteiger partial charge on any atom is -0.323 e. The Bertz CT molecular complexity index is 873. The summed E-state index contributed by atoms with van der Waals surface area (Å²) in [7, 11) is 2.13. The summed E-state index contributed by atoms with van der Waals surface area (Å²) in [6, 6.07) is 14.0. The van der Waals surface area contributed by atoms with Gasteiger partial charge < -0.3 is 10.2 Å². The van der Waals surface area contributed by atoms with E-state index in [1.54, 1.807) is 18.2 Å². The number of nitrogens with one attached hydrogen (secondary N) is 1. The summed E-state index contributed by atoms with van der Waals surface area (Å²) in [6.07, 6.45) is 2.95. The van der Waals surface area contributed by atoms with Gasteiger partial charge in [-0.15, -0.1) is 0 Å². The Morgan fingerprint density at radius 3 is 2.64 bits per heavy atom. The topological polar surface area (TPSA) is 78.7 Å². The van der Waals surface area contributed by atoms with Gasteiger partial charge in [-0.05, 0) is 36.4 Å². The number of anilines is 1. The number of amides is 1. The van der Waals surface area contributed by atoms with Crippen molar-refractivity contribution in [1.82, 2.24) is 9.80 Å². The van der Waals surface area contributed by atoms with E-state index in [9.17, 15) is 14.9 Å². The molecule has 1 amide bonds. The number of nitrogens with zero attached hydrogens (tertiary/aromatic N) is 3. The van der Waals surface area contributed by atoms with E-state index in [4.69, 9.17) is 0 Å². The summed E-state index contributed by atoms with van der Waals surface area (Å²) in [6.45, 7) is 5.08. The summed E-state index contributed by atoms with van der Waals surface area (Å²) in [5, 5.41) is 13.7. The molecule has 0 aromatic heterocycles. The second kappa shape index (κ2) is 9.25. The van der Waals surface area contributed by atoms with Crippen LogP contribution in [-0.4, -0.2) is 53.9 Å². The van der Waals surface area contributed by atoms with Crippen LogP contribution in [0.3, 0.4) is 0 Å². The lowest BCUT2D eigenvalue weighted by atomic mass is 10.1. The minimum absolute atomic E-state index is 0.000772. The summed E-state index contributed by atoms with van der Waals surface area (Å²) < 4.78 is 0. The Morgan fingerprint density at radius 2 is 1.89 bits per heavy atom. The Balaban J connectivity index is 1.58. The van der Waals surface area contributed by atoms with Crippen molar-refractivity contribution in [2.45, 2.75) is 6.54 Å². The molecule has 7 nitrogen and oxygen atoms in total. The first-order valence-corrected chi connectivity index (χ1v) is 9.23. The predicted octanol–water partition coefficient (Wildman–Crippen LogP) is 2.99. The van der Waals surface area contributed by atoms with Crippen molar-refractivity contribution in [2.75, 3.05) is 38.5 Å². The number of nitro groups is 1. The van der Waals surface area contributed by atoms with Crippen LogP contribution in [0.15, 0.2) is 54.6 Å². The van der Waals surface area contributed by atoms with E-state index < -0.39 is 4.92 Å². The normalized spacial score (nSPS) is 15.6. The first kappa shape index (κ1) is 19.7. The zero-order valence-electron chi connectivity index (χ0n) is 15.9.